The number of benzene rings is 2. The lowest BCUT2D eigenvalue weighted by Crippen LogP contribution is -2.29. The summed E-state index contributed by atoms with van der Waals surface area (Å²) in [6.45, 7) is 3.98. The number of nitrogens with zero attached hydrogens (tertiary/aromatic N) is 4. The molecule has 0 aliphatic rings. The largest absolute Gasteiger partial charge is 0.366 e. The minimum absolute atomic E-state index is 0.144. The van der Waals surface area contributed by atoms with Gasteiger partial charge in [-0.3, -0.25) is 24.0 Å². The molecule has 0 saturated carbocycles. The average molecular weight is 613 g/mol. The Bertz CT molecular complexity index is 1630. The first-order valence-corrected chi connectivity index (χ1v) is 14.2. The van der Waals surface area contributed by atoms with E-state index >= 15 is 0 Å². The number of aryl methyl sites for hydroxylation is 2. The summed E-state index contributed by atoms with van der Waals surface area (Å²) in [5.41, 5.74) is 9.75. The van der Waals surface area contributed by atoms with Crippen LogP contribution < -0.4 is 11.1 Å². The van der Waals surface area contributed by atoms with E-state index in [9.17, 15) is 14.4 Å². The number of thiol groups is 1. The quantitative estimate of drug-likeness (QED) is 0.165. The number of pyridine rings is 1. The molecule has 3 N–H and O–H groups in total. The van der Waals surface area contributed by atoms with E-state index in [-0.39, 0.29) is 11.8 Å². The number of carbonyl (C=O) groups is 4. The highest BCUT2D eigenvalue weighted by molar-refractivity contribution is 7.80. The van der Waals surface area contributed by atoms with Crippen molar-refractivity contribution in [1.82, 2.24) is 19.7 Å². The molecule has 0 aliphatic heterocycles. The van der Waals surface area contributed by atoms with Crippen LogP contribution in [0.3, 0.4) is 0 Å². The fourth-order valence-corrected chi connectivity index (χ4v) is 3.96. The smallest absolute Gasteiger partial charge is 0.273 e. The second-order valence-electron chi connectivity index (χ2n) is 9.34. The Morgan fingerprint density at radius 3 is 2.32 bits per heavy atom. The monoisotopic (exact) mass is 612 g/mol. The first kappa shape index (κ1) is 35.0. The third-order valence-electron chi connectivity index (χ3n) is 5.79. The molecule has 44 heavy (non-hydrogen) atoms. The van der Waals surface area contributed by atoms with Crippen LogP contribution in [0.25, 0.3) is 0 Å². The molecule has 0 atom stereocenters. The summed E-state index contributed by atoms with van der Waals surface area (Å²) in [6.07, 6.45) is 4.17. The van der Waals surface area contributed by atoms with Gasteiger partial charge in [0.05, 0.1) is 17.7 Å². The van der Waals surface area contributed by atoms with Crippen LogP contribution in [0.15, 0.2) is 79.1 Å². The number of nitrogens with two attached hydrogens (primary N) is 1. The third kappa shape index (κ3) is 12.0. The molecule has 228 valence electrons. The van der Waals surface area contributed by atoms with E-state index in [1.165, 1.54) is 17.8 Å². The number of carbonyl (C=O) groups excluding carboxylic acids is 4. The van der Waals surface area contributed by atoms with Crippen LogP contribution >= 0.6 is 12.6 Å². The molecule has 0 spiro atoms. The number of rotatable bonds is 7. The number of primary amides is 1. The van der Waals surface area contributed by atoms with Crippen molar-refractivity contribution in [3.05, 3.63) is 113 Å². The van der Waals surface area contributed by atoms with Gasteiger partial charge in [-0.2, -0.15) is 17.7 Å². The van der Waals surface area contributed by atoms with Crippen molar-refractivity contribution in [2.45, 2.75) is 20.3 Å². The van der Waals surface area contributed by atoms with Gasteiger partial charge in [-0.1, -0.05) is 48.2 Å². The molecule has 0 aliphatic carbocycles. The van der Waals surface area contributed by atoms with Gasteiger partial charge >= 0.3 is 0 Å². The molecule has 3 amide bonds. The zero-order valence-corrected chi connectivity index (χ0v) is 26.0. The molecule has 0 radical (unpaired) electrons. The highest BCUT2D eigenvalue weighted by Gasteiger charge is 2.12. The summed E-state index contributed by atoms with van der Waals surface area (Å²) in [7, 11) is 3.53. The Hall–Kier alpha value is -5.21. The average Bonchev–Trinajstić information content (AvgIpc) is 3.35. The van der Waals surface area contributed by atoms with E-state index in [1.807, 2.05) is 50.4 Å². The van der Waals surface area contributed by atoms with Gasteiger partial charge in [0.1, 0.15) is 12.0 Å². The number of aromatic nitrogens is 3. The van der Waals surface area contributed by atoms with Crippen LogP contribution in [-0.4, -0.2) is 63.0 Å². The molecule has 2 aromatic heterocycles. The Balaban J connectivity index is 0.000000333. The predicted molar refractivity (Wildman–Crippen MR) is 174 cm³/mol. The van der Waals surface area contributed by atoms with Gasteiger partial charge in [-0.05, 0) is 49.7 Å². The molecule has 0 saturated heterocycles. The SMILES string of the molecule is CC=O.CN(CCS)C(=O)Cc1ccccc1.Cc1cc(C(=O)Nc2cccc(C#Cc3cncc(C(N)=O)c3)c2)n(C)n1. The summed E-state index contributed by atoms with van der Waals surface area (Å²) in [5.74, 6) is 5.97. The van der Waals surface area contributed by atoms with Gasteiger partial charge in [-0.15, -0.1) is 0 Å². The van der Waals surface area contributed by atoms with Crippen molar-refractivity contribution in [2.75, 3.05) is 24.7 Å². The number of likely N-dealkylation sites (N-methyl/N-ethyl adjacent to an activating group) is 1. The van der Waals surface area contributed by atoms with Crippen molar-refractivity contribution in [3.8, 4) is 11.8 Å². The molecule has 2 aromatic carbocycles. The van der Waals surface area contributed by atoms with Crippen molar-refractivity contribution < 1.29 is 19.2 Å². The van der Waals surface area contributed by atoms with E-state index in [0.29, 0.717) is 46.8 Å². The molecule has 10 nitrogen and oxygen atoms in total. The second kappa shape index (κ2) is 18.4. The molecule has 0 fully saturated rings. The van der Waals surface area contributed by atoms with Gasteiger partial charge in [0.25, 0.3) is 5.91 Å². The zero-order valence-electron chi connectivity index (χ0n) is 25.2. The van der Waals surface area contributed by atoms with E-state index in [2.05, 4.69) is 39.9 Å². The minimum Gasteiger partial charge on any atom is -0.366 e. The van der Waals surface area contributed by atoms with Gasteiger partial charge in [-0.25, -0.2) is 0 Å². The number of aldehydes is 1. The predicted octanol–water partition coefficient (Wildman–Crippen LogP) is 3.70. The van der Waals surface area contributed by atoms with Crippen LogP contribution in [0.2, 0.25) is 0 Å². The van der Waals surface area contributed by atoms with Crippen molar-refractivity contribution in [3.63, 3.8) is 0 Å². The van der Waals surface area contributed by atoms with Crippen LogP contribution in [0.1, 0.15) is 50.2 Å². The number of anilines is 1. The highest BCUT2D eigenvalue weighted by Crippen LogP contribution is 2.13. The van der Waals surface area contributed by atoms with Crippen LogP contribution in [0.4, 0.5) is 5.69 Å². The first-order valence-electron chi connectivity index (χ1n) is 13.5. The van der Waals surface area contributed by atoms with Gasteiger partial charge in [0, 0.05) is 55.6 Å². The molecule has 4 rings (SSSR count). The lowest BCUT2D eigenvalue weighted by molar-refractivity contribution is -0.128. The van der Waals surface area contributed by atoms with E-state index < -0.39 is 5.91 Å². The summed E-state index contributed by atoms with van der Waals surface area (Å²) < 4.78 is 1.53. The van der Waals surface area contributed by atoms with E-state index in [0.717, 1.165) is 17.5 Å². The molecular weight excluding hydrogens is 576 g/mol. The maximum absolute atomic E-state index is 12.4. The molecule has 2 heterocycles. The fourth-order valence-electron chi connectivity index (χ4n) is 3.66. The standard InChI is InChI=1S/C20H17N5O2.C11H15NOS.C2H4O/c1-13-8-18(25(2)24-13)20(27)23-17-5-3-4-14(10-17)6-7-15-9-16(19(21)26)12-22-11-15;1-12(7-8-14)11(13)9-10-5-3-2-4-6-10;1-2-3/h3-5,8-12H,1-2H3,(H2,21,26)(H,23,27);2-6,14H,7-9H2,1H3;2H,1H3. The fraction of sp³-hybridized carbons (Fsp3) is 0.212. The van der Waals surface area contributed by atoms with Gasteiger partial charge in [0.15, 0.2) is 0 Å². The zero-order chi connectivity index (χ0) is 32.5. The normalized spacial score (nSPS) is 9.57. The van der Waals surface area contributed by atoms with E-state index in [1.54, 1.807) is 48.5 Å². The Morgan fingerprint density at radius 2 is 1.70 bits per heavy atom. The lowest BCUT2D eigenvalue weighted by atomic mass is 10.1. The van der Waals surface area contributed by atoms with E-state index in [4.69, 9.17) is 10.5 Å². The van der Waals surface area contributed by atoms with Crippen LogP contribution in [0.5, 0.6) is 0 Å². The van der Waals surface area contributed by atoms with Crippen molar-refractivity contribution in [1.29, 1.82) is 0 Å². The Kier molecular flexibility index (Phi) is 14.6. The Labute approximate surface area is 263 Å². The Morgan fingerprint density at radius 1 is 1.02 bits per heavy atom. The highest BCUT2D eigenvalue weighted by atomic mass is 32.1. The van der Waals surface area contributed by atoms with Crippen LogP contribution in [0, 0.1) is 18.8 Å². The molecule has 4 aromatic rings. The maximum atomic E-state index is 12.4. The topological polar surface area (TPSA) is 140 Å². The number of hydrogen-bond donors (Lipinski definition) is 3. The summed E-state index contributed by atoms with van der Waals surface area (Å²) in [4.78, 5) is 49.6. The number of amides is 3. The second-order valence-corrected chi connectivity index (χ2v) is 9.79. The summed E-state index contributed by atoms with van der Waals surface area (Å²) in [5, 5.41) is 7.00. The van der Waals surface area contributed by atoms with Crippen molar-refractivity contribution >= 4 is 42.3 Å². The lowest BCUT2D eigenvalue weighted by Gasteiger charge is -2.15. The summed E-state index contributed by atoms with van der Waals surface area (Å²) >= 11 is 4.09. The minimum atomic E-state index is -0.554. The van der Waals surface area contributed by atoms with Crippen molar-refractivity contribution in [2.24, 2.45) is 12.8 Å². The molecular formula is C33H36N6O4S. The molecule has 11 heteroatoms. The maximum Gasteiger partial charge on any atom is 0.273 e. The van der Waals surface area contributed by atoms with Crippen LogP contribution in [-0.2, 0) is 23.1 Å². The number of nitrogens with one attached hydrogen (secondary N) is 1. The van der Waals surface area contributed by atoms with Gasteiger partial charge < -0.3 is 20.7 Å². The summed E-state index contributed by atoms with van der Waals surface area (Å²) in [6, 6.07) is 20.2. The molecule has 0 unspecified atom stereocenters. The third-order valence-corrected chi connectivity index (χ3v) is 5.99. The number of hydrogen-bond acceptors (Lipinski definition) is 7. The van der Waals surface area contributed by atoms with Gasteiger partial charge in [0.2, 0.25) is 11.8 Å². The molecule has 0 bridgehead atoms. The first-order chi connectivity index (χ1) is 21.1.